The van der Waals surface area contributed by atoms with E-state index in [1.54, 1.807) is 0 Å². The lowest BCUT2D eigenvalue weighted by molar-refractivity contribution is -0.385. The van der Waals surface area contributed by atoms with Crippen LogP contribution in [0.1, 0.15) is 28.4 Å². The van der Waals surface area contributed by atoms with Gasteiger partial charge in [-0.2, -0.15) is 0 Å². The van der Waals surface area contributed by atoms with Gasteiger partial charge in [0.25, 0.3) is 5.69 Å². The fourth-order valence-electron chi connectivity index (χ4n) is 2.61. The van der Waals surface area contributed by atoms with Crippen LogP contribution in [-0.4, -0.2) is 16.8 Å². The van der Waals surface area contributed by atoms with Gasteiger partial charge < -0.3 is 10.1 Å². The van der Waals surface area contributed by atoms with Crippen molar-refractivity contribution in [3.8, 4) is 0 Å². The van der Waals surface area contributed by atoms with Crippen LogP contribution in [0.15, 0.2) is 66.4 Å². The third-order valence-corrected chi connectivity index (χ3v) is 3.76. The zero-order valence-electron chi connectivity index (χ0n) is 13.0. The summed E-state index contributed by atoms with van der Waals surface area (Å²) in [5.74, 6) is -1.08. The molecule has 7 heteroatoms. The summed E-state index contributed by atoms with van der Waals surface area (Å²) in [4.78, 5) is 34.5. The molecule has 2 aromatic carbocycles. The molecule has 0 saturated carbocycles. The average Bonchev–Trinajstić information content (AvgIpc) is 2.62. The fourth-order valence-corrected chi connectivity index (χ4v) is 2.61. The van der Waals surface area contributed by atoms with E-state index in [0.717, 1.165) is 5.56 Å². The number of benzene rings is 2. The highest BCUT2D eigenvalue weighted by Crippen LogP contribution is 2.27. The molecule has 3 rings (SSSR count). The predicted molar refractivity (Wildman–Crippen MR) is 88.5 cm³/mol. The third kappa shape index (κ3) is 3.72. The van der Waals surface area contributed by atoms with Gasteiger partial charge in [0.1, 0.15) is 11.3 Å². The molecule has 0 spiro atoms. The van der Waals surface area contributed by atoms with E-state index in [9.17, 15) is 19.7 Å². The van der Waals surface area contributed by atoms with Gasteiger partial charge in [0.2, 0.25) is 5.91 Å². The second-order valence-electron chi connectivity index (χ2n) is 5.45. The Morgan fingerprint density at radius 1 is 1.12 bits per heavy atom. The number of nitro benzene ring substituents is 1. The maximum absolute atomic E-state index is 12.3. The van der Waals surface area contributed by atoms with Crippen LogP contribution in [0, 0.1) is 10.1 Å². The molecule has 7 nitrogen and oxygen atoms in total. The summed E-state index contributed by atoms with van der Waals surface area (Å²) in [6.07, 6.45) is 1.47. The molecule has 126 valence electrons. The van der Waals surface area contributed by atoms with E-state index < -0.39 is 10.9 Å². The Bertz CT molecular complexity index is 861. The smallest absolute Gasteiger partial charge is 0.350 e. The van der Waals surface area contributed by atoms with Gasteiger partial charge in [-0.3, -0.25) is 14.9 Å². The van der Waals surface area contributed by atoms with Gasteiger partial charge in [0.05, 0.1) is 11.0 Å². The molecule has 1 aliphatic rings. The lowest BCUT2D eigenvalue weighted by Gasteiger charge is -2.23. The van der Waals surface area contributed by atoms with Gasteiger partial charge in [0.15, 0.2) is 0 Å². The summed E-state index contributed by atoms with van der Waals surface area (Å²) in [5.41, 5.74) is 0.381. The first-order valence-electron chi connectivity index (χ1n) is 7.56. The fraction of sp³-hybridized carbons (Fsp3) is 0.111. The number of hydrogen-bond donors (Lipinski definition) is 1. The van der Waals surface area contributed by atoms with Crippen molar-refractivity contribution >= 4 is 17.6 Å². The van der Waals surface area contributed by atoms with E-state index >= 15 is 0 Å². The van der Waals surface area contributed by atoms with Gasteiger partial charge in [-0.05, 0) is 11.6 Å². The van der Waals surface area contributed by atoms with Gasteiger partial charge >= 0.3 is 5.97 Å². The SMILES string of the molecule is O=C1C=C(OC(=O)c2ccccc2[N+](=O)[O-])CC(c2ccccc2)N1. The van der Waals surface area contributed by atoms with Crippen LogP contribution < -0.4 is 5.32 Å². The molecule has 1 aliphatic heterocycles. The van der Waals surface area contributed by atoms with Crippen LogP contribution in [-0.2, 0) is 9.53 Å². The molecule has 1 heterocycles. The first-order valence-corrected chi connectivity index (χ1v) is 7.56. The molecule has 1 amide bonds. The molecule has 0 fully saturated rings. The van der Waals surface area contributed by atoms with Gasteiger partial charge in [-0.25, -0.2) is 4.79 Å². The standard InChI is InChI=1S/C18H14N2O5/c21-17-11-13(10-15(19-17)12-6-2-1-3-7-12)25-18(22)14-8-4-5-9-16(14)20(23)24/h1-9,11,15H,10H2,(H,19,21). The zero-order chi connectivity index (χ0) is 17.8. The van der Waals surface area contributed by atoms with Crippen molar-refractivity contribution in [3.63, 3.8) is 0 Å². The molecule has 25 heavy (non-hydrogen) atoms. The van der Waals surface area contributed by atoms with Crippen LogP contribution >= 0.6 is 0 Å². The average molecular weight is 338 g/mol. The Morgan fingerprint density at radius 3 is 2.52 bits per heavy atom. The van der Waals surface area contributed by atoms with E-state index in [0.29, 0.717) is 0 Å². The Balaban J connectivity index is 1.79. The molecule has 1 unspecified atom stereocenters. The van der Waals surface area contributed by atoms with Crippen molar-refractivity contribution in [3.05, 3.63) is 87.7 Å². The molecule has 1 N–H and O–H groups in total. The van der Waals surface area contributed by atoms with Crippen molar-refractivity contribution in [2.45, 2.75) is 12.5 Å². The number of amides is 1. The lowest BCUT2D eigenvalue weighted by Crippen LogP contribution is -2.32. The summed E-state index contributed by atoms with van der Waals surface area (Å²) in [6, 6.07) is 14.5. The minimum atomic E-state index is -0.861. The largest absolute Gasteiger partial charge is 0.427 e. The van der Waals surface area contributed by atoms with Crippen molar-refractivity contribution < 1.29 is 19.2 Å². The highest BCUT2D eigenvalue weighted by molar-refractivity contribution is 5.95. The third-order valence-electron chi connectivity index (χ3n) is 3.76. The Morgan fingerprint density at radius 2 is 1.80 bits per heavy atom. The molecular weight excluding hydrogens is 324 g/mol. The van der Waals surface area contributed by atoms with E-state index in [-0.39, 0.29) is 35.4 Å². The number of hydrogen-bond acceptors (Lipinski definition) is 5. The Kier molecular flexibility index (Phi) is 4.56. The highest BCUT2D eigenvalue weighted by Gasteiger charge is 2.26. The van der Waals surface area contributed by atoms with Gasteiger partial charge in [-0.15, -0.1) is 0 Å². The Labute approximate surface area is 143 Å². The first-order chi connectivity index (χ1) is 12.0. The number of ether oxygens (including phenoxy) is 1. The highest BCUT2D eigenvalue weighted by atomic mass is 16.6. The molecule has 2 aromatic rings. The number of para-hydroxylation sites is 1. The number of carbonyl (C=O) groups excluding carboxylic acids is 2. The van der Waals surface area contributed by atoms with Crippen molar-refractivity contribution in [2.24, 2.45) is 0 Å². The summed E-state index contributed by atoms with van der Waals surface area (Å²) < 4.78 is 5.25. The number of nitrogens with zero attached hydrogens (tertiary/aromatic N) is 1. The van der Waals surface area contributed by atoms with E-state index in [1.165, 1.54) is 30.3 Å². The van der Waals surface area contributed by atoms with Crippen molar-refractivity contribution in [1.82, 2.24) is 5.32 Å². The second kappa shape index (κ2) is 6.96. The molecule has 1 atom stereocenters. The van der Waals surface area contributed by atoms with Crippen LogP contribution in [0.4, 0.5) is 5.69 Å². The minimum absolute atomic E-state index is 0.157. The minimum Gasteiger partial charge on any atom is -0.427 e. The summed E-state index contributed by atoms with van der Waals surface area (Å²) in [7, 11) is 0. The number of nitro groups is 1. The maximum Gasteiger partial charge on any atom is 0.350 e. The first kappa shape index (κ1) is 16.4. The van der Waals surface area contributed by atoms with E-state index in [4.69, 9.17) is 4.74 Å². The normalized spacial score (nSPS) is 16.6. The van der Waals surface area contributed by atoms with Crippen LogP contribution in [0.25, 0.3) is 0 Å². The quantitative estimate of drug-likeness (QED) is 0.525. The monoisotopic (exact) mass is 338 g/mol. The Hall–Kier alpha value is -3.48. The maximum atomic E-state index is 12.3. The van der Waals surface area contributed by atoms with Crippen LogP contribution in [0.2, 0.25) is 0 Å². The van der Waals surface area contributed by atoms with Crippen molar-refractivity contribution in [1.29, 1.82) is 0 Å². The summed E-state index contributed by atoms with van der Waals surface area (Å²) >= 11 is 0. The van der Waals surface area contributed by atoms with E-state index in [1.807, 2.05) is 30.3 Å². The molecule has 0 aliphatic carbocycles. The number of esters is 1. The topological polar surface area (TPSA) is 98.5 Å². The van der Waals surface area contributed by atoms with Gasteiger partial charge in [-0.1, -0.05) is 42.5 Å². The molecule has 0 bridgehead atoms. The van der Waals surface area contributed by atoms with E-state index in [2.05, 4.69) is 5.32 Å². The second-order valence-corrected chi connectivity index (χ2v) is 5.45. The predicted octanol–water partition coefficient (Wildman–Crippen LogP) is 2.90. The summed E-state index contributed by atoms with van der Waals surface area (Å²) in [5, 5.41) is 13.8. The lowest BCUT2D eigenvalue weighted by atomic mass is 10.00. The van der Waals surface area contributed by atoms with Crippen molar-refractivity contribution in [2.75, 3.05) is 0 Å². The molecule has 0 radical (unpaired) electrons. The summed E-state index contributed by atoms with van der Waals surface area (Å²) in [6.45, 7) is 0. The van der Waals surface area contributed by atoms with Crippen LogP contribution in [0.3, 0.4) is 0 Å². The number of rotatable bonds is 4. The molecule has 0 aromatic heterocycles. The number of carbonyl (C=O) groups is 2. The molecular formula is C18H14N2O5. The molecule has 0 saturated heterocycles. The zero-order valence-corrected chi connectivity index (χ0v) is 13.0. The van der Waals surface area contributed by atoms with Gasteiger partial charge in [0, 0.05) is 18.6 Å². The van der Waals surface area contributed by atoms with Crippen LogP contribution in [0.5, 0.6) is 0 Å². The number of nitrogens with one attached hydrogen (secondary N) is 1.